The van der Waals surface area contributed by atoms with E-state index in [9.17, 15) is 13.2 Å². The van der Waals surface area contributed by atoms with E-state index in [0.29, 0.717) is 37.8 Å². The number of benzene rings is 3. The quantitative estimate of drug-likeness (QED) is 0.566. The fourth-order valence-electron chi connectivity index (χ4n) is 4.49. The van der Waals surface area contributed by atoms with Crippen molar-refractivity contribution in [2.24, 2.45) is 0 Å². The molecule has 3 aromatic carbocycles. The van der Waals surface area contributed by atoms with Gasteiger partial charge in [-0.15, -0.1) is 0 Å². The van der Waals surface area contributed by atoms with E-state index in [2.05, 4.69) is 46.0 Å². The number of sulfonamides is 1. The van der Waals surface area contributed by atoms with Gasteiger partial charge in [0.1, 0.15) is 0 Å². The summed E-state index contributed by atoms with van der Waals surface area (Å²) >= 11 is 0. The number of rotatable bonds is 6. The molecule has 0 aliphatic carbocycles. The summed E-state index contributed by atoms with van der Waals surface area (Å²) in [5, 5.41) is 2.47. The number of amides is 1. The molecule has 2 aliphatic rings. The van der Waals surface area contributed by atoms with Crippen molar-refractivity contribution in [3.63, 3.8) is 0 Å². The molecular formula is C26H29N3O5S. The van der Waals surface area contributed by atoms with E-state index in [4.69, 9.17) is 9.47 Å². The molecule has 1 saturated heterocycles. The molecule has 1 amide bonds. The Morgan fingerprint density at radius 1 is 0.886 bits per heavy atom. The molecule has 1 N–H and O–H groups in total. The molecular weight excluding hydrogens is 466 g/mol. The van der Waals surface area contributed by atoms with E-state index in [0.717, 1.165) is 26.1 Å². The van der Waals surface area contributed by atoms with Crippen LogP contribution >= 0.6 is 0 Å². The highest BCUT2D eigenvalue weighted by molar-refractivity contribution is 7.89. The first kappa shape index (κ1) is 23.6. The first-order chi connectivity index (χ1) is 17.0. The molecule has 0 atom stereocenters. The fourth-order valence-corrected chi connectivity index (χ4v) is 5.48. The third-order valence-electron chi connectivity index (χ3n) is 6.44. The maximum absolute atomic E-state index is 12.8. The second-order valence-electron chi connectivity index (χ2n) is 8.78. The minimum Gasteiger partial charge on any atom is -0.490 e. The molecule has 3 aromatic rings. The maximum atomic E-state index is 12.8. The van der Waals surface area contributed by atoms with Crippen molar-refractivity contribution in [2.75, 3.05) is 45.9 Å². The Hall–Kier alpha value is -3.14. The summed E-state index contributed by atoms with van der Waals surface area (Å²) in [5.74, 6) is 0.700. The molecule has 8 nitrogen and oxygen atoms in total. The maximum Gasteiger partial charge on any atom is 0.241 e. The summed E-state index contributed by atoms with van der Waals surface area (Å²) < 4.78 is 39.1. The first-order valence-corrected chi connectivity index (χ1v) is 13.3. The number of fused-ring (bicyclic) bond motifs is 2. The second kappa shape index (κ2) is 10.2. The minimum atomic E-state index is -3.86. The van der Waals surface area contributed by atoms with Crippen molar-refractivity contribution in [2.45, 2.75) is 17.9 Å². The van der Waals surface area contributed by atoms with E-state index in [1.807, 2.05) is 6.07 Å². The third-order valence-corrected chi connectivity index (χ3v) is 7.84. The van der Waals surface area contributed by atoms with Gasteiger partial charge in [0.25, 0.3) is 0 Å². The lowest BCUT2D eigenvalue weighted by Crippen LogP contribution is -2.50. The van der Waals surface area contributed by atoms with Crippen LogP contribution in [-0.4, -0.2) is 70.1 Å². The molecule has 0 radical (unpaired) electrons. The lowest BCUT2D eigenvalue weighted by molar-refractivity contribution is -0.131. The summed E-state index contributed by atoms with van der Waals surface area (Å²) in [6.07, 6.45) is 0.735. The number of hydrogen-bond donors (Lipinski definition) is 1. The third kappa shape index (κ3) is 5.42. The van der Waals surface area contributed by atoms with Gasteiger partial charge in [-0.3, -0.25) is 9.69 Å². The number of carbonyl (C=O) groups excluding carboxylic acids is 1. The van der Waals surface area contributed by atoms with E-state index in [-0.39, 0.29) is 17.3 Å². The average molecular weight is 496 g/mol. The zero-order valence-corrected chi connectivity index (χ0v) is 20.3. The Kier molecular flexibility index (Phi) is 6.90. The van der Waals surface area contributed by atoms with Crippen LogP contribution in [0.15, 0.2) is 65.6 Å². The largest absolute Gasteiger partial charge is 0.490 e. The molecule has 0 bridgehead atoms. The number of nitrogens with one attached hydrogen (secondary N) is 1. The smallest absolute Gasteiger partial charge is 0.241 e. The summed E-state index contributed by atoms with van der Waals surface area (Å²) in [5.41, 5.74) is 1.27. The molecule has 0 saturated carbocycles. The summed E-state index contributed by atoms with van der Waals surface area (Å²) in [7, 11) is -3.86. The van der Waals surface area contributed by atoms with E-state index >= 15 is 0 Å². The lowest BCUT2D eigenvalue weighted by atomic mass is 10.0. The van der Waals surface area contributed by atoms with Gasteiger partial charge < -0.3 is 14.4 Å². The summed E-state index contributed by atoms with van der Waals surface area (Å²) in [6, 6.07) is 19.2. The Labute approximate surface area is 205 Å². The van der Waals surface area contributed by atoms with Crippen LogP contribution in [0.3, 0.4) is 0 Å². The minimum absolute atomic E-state index is 0.0504. The van der Waals surface area contributed by atoms with Crippen molar-refractivity contribution in [3.05, 3.63) is 66.2 Å². The molecule has 2 aliphatic heterocycles. The molecule has 5 rings (SSSR count). The van der Waals surface area contributed by atoms with E-state index < -0.39 is 10.0 Å². The average Bonchev–Trinajstić information content (AvgIpc) is 3.13. The van der Waals surface area contributed by atoms with E-state index in [1.165, 1.54) is 28.5 Å². The highest BCUT2D eigenvalue weighted by Crippen LogP contribution is 2.31. The summed E-state index contributed by atoms with van der Waals surface area (Å²) in [4.78, 5) is 16.8. The SMILES string of the molecule is O=C(CNS(=O)(=O)c1ccc2c(c1)OCCCO2)N1CCN(Cc2cccc3ccccc23)CC1. The molecule has 1 fully saturated rings. The number of nitrogens with zero attached hydrogens (tertiary/aromatic N) is 2. The standard InChI is InChI=1S/C26H29N3O5S/c30-26(18-27-35(31,32)22-9-10-24-25(17-22)34-16-4-15-33-24)29-13-11-28(12-14-29)19-21-7-3-6-20-5-1-2-8-23(20)21/h1-3,5-10,17,27H,4,11-16,18-19H2. The normalized spacial score (nSPS) is 16.7. The van der Waals surface area contributed by atoms with Gasteiger partial charge in [0.15, 0.2) is 11.5 Å². The van der Waals surface area contributed by atoms with Gasteiger partial charge in [0.2, 0.25) is 15.9 Å². The van der Waals surface area contributed by atoms with Crippen molar-refractivity contribution >= 4 is 26.7 Å². The zero-order chi connectivity index (χ0) is 24.3. The van der Waals surface area contributed by atoms with E-state index in [1.54, 1.807) is 11.0 Å². The summed E-state index contributed by atoms with van der Waals surface area (Å²) in [6.45, 7) is 4.15. The number of piperazine rings is 1. The van der Waals surface area contributed by atoms with Crippen LogP contribution in [0.5, 0.6) is 11.5 Å². The molecule has 0 spiro atoms. The number of hydrogen-bond acceptors (Lipinski definition) is 6. The van der Waals surface area contributed by atoms with Crippen LogP contribution in [0.25, 0.3) is 10.8 Å². The van der Waals surface area contributed by atoms with Crippen LogP contribution in [-0.2, 0) is 21.4 Å². The molecule has 0 aromatic heterocycles. The van der Waals surface area contributed by atoms with Gasteiger partial charge in [-0.05, 0) is 28.5 Å². The van der Waals surface area contributed by atoms with Gasteiger partial charge in [-0.25, -0.2) is 13.1 Å². The van der Waals surface area contributed by atoms with Gasteiger partial charge in [-0.1, -0.05) is 42.5 Å². The van der Waals surface area contributed by atoms with Gasteiger partial charge >= 0.3 is 0 Å². The van der Waals surface area contributed by atoms with Crippen LogP contribution in [0.4, 0.5) is 0 Å². The first-order valence-electron chi connectivity index (χ1n) is 11.9. The van der Waals surface area contributed by atoms with Crippen LogP contribution in [0, 0.1) is 0 Å². The molecule has 9 heteroatoms. The molecule has 35 heavy (non-hydrogen) atoms. The Morgan fingerprint density at radius 3 is 2.46 bits per heavy atom. The van der Waals surface area contributed by atoms with Crippen LogP contribution in [0.2, 0.25) is 0 Å². The van der Waals surface area contributed by atoms with Crippen molar-refractivity contribution in [1.29, 1.82) is 0 Å². The Balaban J connectivity index is 1.15. The zero-order valence-electron chi connectivity index (χ0n) is 19.5. The lowest BCUT2D eigenvalue weighted by Gasteiger charge is -2.35. The monoisotopic (exact) mass is 495 g/mol. The van der Waals surface area contributed by atoms with Gasteiger partial charge in [0.05, 0.1) is 24.7 Å². The predicted molar refractivity (Wildman–Crippen MR) is 133 cm³/mol. The van der Waals surface area contributed by atoms with Crippen LogP contribution < -0.4 is 14.2 Å². The second-order valence-corrected chi connectivity index (χ2v) is 10.5. The Morgan fingerprint density at radius 2 is 1.63 bits per heavy atom. The Bertz CT molecular complexity index is 1310. The topological polar surface area (TPSA) is 88.2 Å². The predicted octanol–water partition coefficient (Wildman–Crippen LogP) is 2.62. The number of carbonyl (C=O) groups is 1. The highest BCUT2D eigenvalue weighted by Gasteiger charge is 2.24. The van der Waals surface area contributed by atoms with Crippen molar-refractivity contribution in [1.82, 2.24) is 14.5 Å². The highest BCUT2D eigenvalue weighted by atomic mass is 32.2. The molecule has 184 valence electrons. The van der Waals surface area contributed by atoms with Crippen molar-refractivity contribution < 1.29 is 22.7 Å². The van der Waals surface area contributed by atoms with Gasteiger partial charge in [0, 0.05) is 45.2 Å². The molecule has 0 unspecified atom stereocenters. The molecule has 2 heterocycles. The fraction of sp³-hybridized carbons (Fsp3) is 0.346. The number of ether oxygens (including phenoxy) is 2. The van der Waals surface area contributed by atoms with Gasteiger partial charge in [-0.2, -0.15) is 0 Å². The van der Waals surface area contributed by atoms with Crippen LogP contribution in [0.1, 0.15) is 12.0 Å². The van der Waals surface area contributed by atoms with Crippen molar-refractivity contribution in [3.8, 4) is 11.5 Å².